The molecule has 0 radical (unpaired) electrons. The van der Waals surface area contributed by atoms with Crippen molar-refractivity contribution in [2.75, 3.05) is 7.11 Å². The van der Waals surface area contributed by atoms with Crippen LogP contribution in [-0.4, -0.2) is 18.0 Å². The first-order valence-corrected chi connectivity index (χ1v) is 7.42. The highest BCUT2D eigenvalue weighted by molar-refractivity contribution is 9.10. The quantitative estimate of drug-likeness (QED) is 0.457. The Hall–Kier alpha value is -1.86. The number of nitrogens with zero attached hydrogens (tertiary/aromatic N) is 1. The second-order valence-corrected chi connectivity index (χ2v) is 6.02. The number of esters is 1. The van der Waals surface area contributed by atoms with E-state index in [4.69, 9.17) is 0 Å². The third-order valence-corrected chi connectivity index (χ3v) is 4.22. The molecule has 2 rings (SSSR count). The molecule has 0 aliphatic heterocycles. The predicted molar refractivity (Wildman–Crippen MR) is 82.7 cm³/mol. The van der Waals surface area contributed by atoms with Crippen molar-refractivity contribution in [3.8, 4) is 0 Å². The molecule has 5 nitrogen and oxygen atoms in total. The van der Waals surface area contributed by atoms with Gasteiger partial charge in [0.25, 0.3) is 5.69 Å². The zero-order valence-electron chi connectivity index (χ0n) is 10.9. The summed E-state index contributed by atoms with van der Waals surface area (Å²) in [5, 5.41) is 11.2. The molecular formula is C14H10BrNO4S. The number of carbonyl (C=O) groups is 1. The van der Waals surface area contributed by atoms with E-state index >= 15 is 0 Å². The molecule has 7 heteroatoms. The van der Waals surface area contributed by atoms with Crippen molar-refractivity contribution in [2.24, 2.45) is 0 Å². The SMILES string of the molecule is COC(=O)c1ccc(Sc2ccc(Br)cc2)c([N+](=O)[O-])c1. The lowest BCUT2D eigenvalue weighted by Gasteiger charge is -2.05. The number of methoxy groups -OCH3 is 1. The van der Waals surface area contributed by atoms with Gasteiger partial charge < -0.3 is 4.74 Å². The number of ether oxygens (including phenoxy) is 1. The fourth-order valence-electron chi connectivity index (χ4n) is 1.62. The number of rotatable bonds is 4. The van der Waals surface area contributed by atoms with Gasteiger partial charge in [0.1, 0.15) is 0 Å². The maximum absolute atomic E-state index is 11.4. The van der Waals surface area contributed by atoms with Gasteiger partial charge in [0.05, 0.1) is 22.5 Å². The van der Waals surface area contributed by atoms with E-state index in [0.29, 0.717) is 4.90 Å². The van der Waals surface area contributed by atoms with E-state index in [0.717, 1.165) is 9.37 Å². The van der Waals surface area contributed by atoms with Crippen LogP contribution in [0.2, 0.25) is 0 Å². The molecule has 0 unspecified atom stereocenters. The summed E-state index contributed by atoms with van der Waals surface area (Å²) < 4.78 is 5.50. The Kier molecular flexibility index (Phi) is 4.98. The molecule has 0 saturated heterocycles. The van der Waals surface area contributed by atoms with Crippen molar-refractivity contribution in [1.29, 1.82) is 0 Å². The van der Waals surface area contributed by atoms with Crippen molar-refractivity contribution in [3.63, 3.8) is 0 Å². The average molecular weight is 368 g/mol. The lowest BCUT2D eigenvalue weighted by Crippen LogP contribution is -2.02. The molecule has 21 heavy (non-hydrogen) atoms. The van der Waals surface area contributed by atoms with Crippen molar-refractivity contribution in [3.05, 3.63) is 62.6 Å². The van der Waals surface area contributed by atoms with E-state index in [2.05, 4.69) is 20.7 Å². The number of halogens is 1. The molecule has 108 valence electrons. The van der Waals surface area contributed by atoms with Crippen molar-refractivity contribution >= 4 is 39.3 Å². The molecule has 0 aromatic heterocycles. The van der Waals surface area contributed by atoms with Gasteiger partial charge in [0.15, 0.2) is 0 Å². The van der Waals surface area contributed by atoms with Crippen LogP contribution in [0.5, 0.6) is 0 Å². The lowest BCUT2D eigenvalue weighted by molar-refractivity contribution is -0.387. The van der Waals surface area contributed by atoms with Crippen LogP contribution in [0.25, 0.3) is 0 Å². The van der Waals surface area contributed by atoms with E-state index in [1.54, 1.807) is 6.07 Å². The Labute approximate surface area is 133 Å². The summed E-state index contributed by atoms with van der Waals surface area (Å²) in [6, 6.07) is 11.7. The van der Waals surface area contributed by atoms with Crippen LogP contribution in [0.3, 0.4) is 0 Å². The van der Waals surface area contributed by atoms with Crippen LogP contribution >= 0.6 is 27.7 Å². The standard InChI is InChI=1S/C14H10BrNO4S/c1-20-14(17)9-2-7-13(12(8-9)16(18)19)21-11-5-3-10(15)4-6-11/h2-8H,1H3. The number of carbonyl (C=O) groups excluding carboxylic acids is 1. The van der Waals surface area contributed by atoms with Crippen LogP contribution in [0.1, 0.15) is 10.4 Å². The Balaban J connectivity index is 2.36. The summed E-state index contributed by atoms with van der Waals surface area (Å²) in [7, 11) is 1.23. The number of nitro groups is 1. The largest absolute Gasteiger partial charge is 0.465 e. The van der Waals surface area contributed by atoms with Gasteiger partial charge in [0, 0.05) is 15.4 Å². The molecule has 2 aromatic carbocycles. The first kappa shape index (κ1) is 15.5. The molecule has 0 fully saturated rings. The van der Waals surface area contributed by atoms with Gasteiger partial charge in [-0.1, -0.05) is 27.7 Å². The van der Waals surface area contributed by atoms with E-state index in [1.165, 1.54) is 31.0 Å². The normalized spacial score (nSPS) is 10.2. The van der Waals surface area contributed by atoms with E-state index < -0.39 is 10.9 Å². The minimum atomic E-state index is -0.599. The molecule has 0 heterocycles. The summed E-state index contributed by atoms with van der Waals surface area (Å²) >= 11 is 4.60. The topological polar surface area (TPSA) is 69.4 Å². The minimum absolute atomic E-state index is 0.120. The zero-order valence-corrected chi connectivity index (χ0v) is 13.3. The number of benzene rings is 2. The van der Waals surface area contributed by atoms with E-state index in [-0.39, 0.29) is 11.3 Å². The summed E-state index contributed by atoms with van der Waals surface area (Å²) in [4.78, 5) is 23.4. The van der Waals surface area contributed by atoms with Gasteiger partial charge in [-0.25, -0.2) is 4.79 Å². The maximum atomic E-state index is 11.4. The summed E-state index contributed by atoms with van der Waals surface area (Å²) in [5.41, 5.74) is 0.0372. The molecule has 0 atom stereocenters. The fourth-order valence-corrected chi connectivity index (χ4v) is 2.79. The molecular weight excluding hydrogens is 358 g/mol. The first-order valence-electron chi connectivity index (χ1n) is 5.81. The predicted octanol–water partition coefficient (Wildman–Crippen LogP) is 4.30. The van der Waals surface area contributed by atoms with E-state index in [9.17, 15) is 14.9 Å². The van der Waals surface area contributed by atoms with E-state index in [1.807, 2.05) is 24.3 Å². The second kappa shape index (κ2) is 6.73. The number of hydrogen-bond acceptors (Lipinski definition) is 5. The van der Waals surface area contributed by atoms with Crippen LogP contribution in [0, 0.1) is 10.1 Å². The molecule has 2 aromatic rings. The van der Waals surface area contributed by atoms with Crippen molar-refractivity contribution in [1.82, 2.24) is 0 Å². The third kappa shape index (κ3) is 3.83. The van der Waals surface area contributed by atoms with Crippen molar-refractivity contribution in [2.45, 2.75) is 9.79 Å². The highest BCUT2D eigenvalue weighted by atomic mass is 79.9. The molecule has 0 spiro atoms. The summed E-state index contributed by atoms with van der Waals surface area (Å²) in [5.74, 6) is -0.599. The first-order chi connectivity index (χ1) is 10.0. The number of hydrogen-bond donors (Lipinski definition) is 0. The molecule has 0 bridgehead atoms. The van der Waals surface area contributed by atoms with Gasteiger partial charge >= 0.3 is 5.97 Å². The molecule has 0 amide bonds. The van der Waals surface area contributed by atoms with Crippen LogP contribution in [0.15, 0.2) is 56.7 Å². The molecule has 0 saturated carbocycles. The summed E-state index contributed by atoms with van der Waals surface area (Å²) in [6.45, 7) is 0. The fraction of sp³-hybridized carbons (Fsp3) is 0.0714. The molecule has 0 N–H and O–H groups in total. The van der Waals surface area contributed by atoms with Crippen LogP contribution in [0.4, 0.5) is 5.69 Å². The van der Waals surface area contributed by atoms with Crippen molar-refractivity contribution < 1.29 is 14.5 Å². The zero-order chi connectivity index (χ0) is 15.4. The Morgan fingerprint density at radius 3 is 2.48 bits per heavy atom. The van der Waals surface area contributed by atoms with Gasteiger partial charge in [0.2, 0.25) is 0 Å². The van der Waals surface area contributed by atoms with Gasteiger partial charge in [-0.2, -0.15) is 0 Å². The summed E-state index contributed by atoms with van der Waals surface area (Å²) in [6.07, 6.45) is 0. The second-order valence-electron chi connectivity index (χ2n) is 3.99. The molecule has 0 aliphatic rings. The Morgan fingerprint density at radius 2 is 1.90 bits per heavy atom. The lowest BCUT2D eigenvalue weighted by atomic mass is 10.2. The third-order valence-electron chi connectivity index (χ3n) is 2.62. The van der Waals surface area contributed by atoms with Gasteiger partial charge in [-0.05, 0) is 36.4 Å². The highest BCUT2D eigenvalue weighted by Crippen LogP contribution is 2.35. The van der Waals surface area contributed by atoms with Gasteiger partial charge in [-0.3, -0.25) is 10.1 Å². The monoisotopic (exact) mass is 367 g/mol. The Morgan fingerprint density at radius 1 is 1.24 bits per heavy atom. The molecule has 0 aliphatic carbocycles. The smallest absolute Gasteiger partial charge is 0.338 e. The maximum Gasteiger partial charge on any atom is 0.338 e. The Bertz CT molecular complexity index is 688. The van der Waals surface area contributed by atoms with Crippen LogP contribution in [-0.2, 0) is 4.74 Å². The minimum Gasteiger partial charge on any atom is -0.465 e. The highest BCUT2D eigenvalue weighted by Gasteiger charge is 2.18. The van der Waals surface area contributed by atoms with Gasteiger partial charge in [-0.15, -0.1) is 0 Å². The number of nitro benzene ring substituents is 1. The average Bonchev–Trinajstić information content (AvgIpc) is 2.49. The van der Waals surface area contributed by atoms with Crippen LogP contribution < -0.4 is 0 Å².